The summed E-state index contributed by atoms with van der Waals surface area (Å²) in [6.07, 6.45) is 0.831. The first kappa shape index (κ1) is 9.04. The van der Waals surface area contributed by atoms with Crippen LogP contribution in [0.4, 0.5) is 0 Å². The Bertz CT molecular complexity index is 167. The third kappa shape index (κ3) is 2.81. The molecule has 1 saturated heterocycles. The number of rotatable bonds is 2. The molecule has 0 bridgehead atoms. The van der Waals surface area contributed by atoms with Gasteiger partial charge in [-0.25, -0.2) is 0 Å². The molecule has 1 aliphatic heterocycles. The van der Waals surface area contributed by atoms with E-state index in [-0.39, 0.29) is 0 Å². The molecule has 0 aromatic heterocycles. The van der Waals surface area contributed by atoms with Gasteiger partial charge in [0.15, 0.2) is 0 Å². The fraction of sp³-hybridized carbons (Fsp3) is 0.750. The van der Waals surface area contributed by atoms with Gasteiger partial charge in [-0.15, -0.1) is 0 Å². The van der Waals surface area contributed by atoms with Crippen LogP contribution >= 0.6 is 11.6 Å². The highest BCUT2D eigenvalue weighted by Crippen LogP contribution is 2.20. The van der Waals surface area contributed by atoms with E-state index in [4.69, 9.17) is 11.6 Å². The van der Waals surface area contributed by atoms with Crippen molar-refractivity contribution in [3.8, 4) is 0 Å². The van der Waals surface area contributed by atoms with Crippen molar-refractivity contribution in [1.82, 2.24) is 4.90 Å². The second kappa shape index (κ2) is 3.13. The third-order valence-corrected chi connectivity index (χ3v) is 2.05. The first-order chi connectivity index (χ1) is 4.99. The quantitative estimate of drug-likeness (QED) is 0.682. The lowest BCUT2D eigenvalue weighted by Gasteiger charge is -2.17. The molecule has 0 aliphatic carbocycles. The molecule has 64 valence electrons. The summed E-state index contributed by atoms with van der Waals surface area (Å²) in [6.45, 7) is 7.77. The molecule has 1 rings (SSSR count). The van der Waals surface area contributed by atoms with E-state index in [2.05, 4.69) is 11.5 Å². The summed E-state index contributed by atoms with van der Waals surface area (Å²) in [4.78, 5) is 2.11. The maximum absolute atomic E-state index is 9.56. The van der Waals surface area contributed by atoms with Gasteiger partial charge in [-0.05, 0) is 13.3 Å². The molecule has 1 unspecified atom stereocenters. The Morgan fingerprint density at radius 1 is 1.82 bits per heavy atom. The molecule has 3 heteroatoms. The first-order valence-corrected chi connectivity index (χ1v) is 4.15. The molecule has 1 N–H and O–H groups in total. The van der Waals surface area contributed by atoms with Crippen LogP contribution in [0.1, 0.15) is 13.3 Å². The van der Waals surface area contributed by atoms with Gasteiger partial charge in [0.05, 0.1) is 5.60 Å². The van der Waals surface area contributed by atoms with Gasteiger partial charge in [-0.2, -0.15) is 0 Å². The van der Waals surface area contributed by atoms with Crippen LogP contribution in [0.3, 0.4) is 0 Å². The molecule has 0 aromatic rings. The Labute approximate surface area is 72.5 Å². The fourth-order valence-corrected chi connectivity index (χ4v) is 1.59. The van der Waals surface area contributed by atoms with E-state index in [9.17, 15) is 5.11 Å². The van der Waals surface area contributed by atoms with Crippen molar-refractivity contribution >= 4 is 11.6 Å². The summed E-state index contributed by atoms with van der Waals surface area (Å²) in [5, 5.41) is 10.2. The molecule has 0 aromatic carbocycles. The van der Waals surface area contributed by atoms with E-state index in [1.807, 2.05) is 6.92 Å². The molecule has 0 saturated carbocycles. The van der Waals surface area contributed by atoms with E-state index in [0.717, 1.165) is 13.0 Å². The van der Waals surface area contributed by atoms with E-state index < -0.39 is 5.60 Å². The minimum absolute atomic E-state index is 0.521. The zero-order valence-corrected chi connectivity index (χ0v) is 7.56. The Morgan fingerprint density at radius 3 is 2.82 bits per heavy atom. The maximum Gasteiger partial charge on any atom is 0.0758 e. The Balaban J connectivity index is 2.36. The highest BCUT2D eigenvalue weighted by atomic mass is 35.5. The molecule has 1 aliphatic rings. The lowest BCUT2D eigenvalue weighted by molar-refractivity contribution is 0.0701. The zero-order valence-electron chi connectivity index (χ0n) is 6.81. The summed E-state index contributed by atoms with van der Waals surface area (Å²) in [6, 6.07) is 0. The molecule has 1 heterocycles. The number of hydrogen-bond donors (Lipinski definition) is 1. The Kier molecular flexibility index (Phi) is 2.58. The second-order valence-electron chi connectivity index (χ2n) is 3.47. The largest absolute Gasteiger partial charge is 0.389 e. The minimum atomic E-state index is -0.521. The molecule has 0 spiro atoms. The smallest absolute Gasteiger partial charge is 0.0758 e. The van der Waals surface area contributed by atoms with Crippen molar-refractivity contribution < 1.29 is 5.11 Å². The number of likely N-dealkylation sites (tertiary alicyclic amines) is 1. The first-order valence-electron chi connectivity index (χ1n) is 3.78. The van der Waals surface area contributed by atoms with Crippen molar-refractivity contribution in [2.45, 2.75) is 18.9 Å². The summed E-state index contributed by atoms with van der Waals surface area (Å²) in [5.74, 6) is 0. The van der Waals surface area contributed by atoms with Crippen molar-refractivity contribution in [2.75, 3.05) is 19.6 Å². The molecule has 2 nitrogen and oxygen atoms in total. The van der Waals surface area contributed by atoms with Crippen LogP contribution in [-0.2, 0) is 0 Å². The predicted molar refractivity (Wildman–Crippen MR) is 46.7 cm³/mol. The highest BCUT2D eigenvalue weighted by Gasteiger charge is 2.30. The monoisotopic (exact) mass is 175 g/mol. The van der Waals surface area contributed by atoms with E-state index >= 15 is 0 Å². The van der Waals surface area contributed by atoms with Crippen LogP contribution in [0.25, 0.3) is 0 Å². The number of aliphatic hydroxyl groups is 1. The molecule has 0 amide bonds. The van der Waals surface area contributed by atoms with Gasteiger partial charge in [-0.3, -0.25) is 4.90 Å². The van der Waals surface area contributed by atoms with Gasteiger partial charge in [0.25, 0.3) is 0 Å². The van der Waals surface area contributed by atoms with Gasteiger partial charge in [0.2, 0.25) is 0 Å². The van der Waals surface area contributed by atoms with Gasteiger partial charge >= 0.3 is 0 Å². The average Bonchev–Trinajstić information content (AvgIpc) is 2.08. The van der Waals surface area contributed by atoms with Crippen molar-refractivity contribution in [2.24, 2.45) is 0 Å². The van der Waals surface area contributed by atoms with Crippen molar-refractivity contribution in [1.29, 1.82) is 0 Å². The number of β-amino-alcohol motifs (C(OH)–C–C–N with tert-alkyl or cyclic N) is 1. The van der Waals surface area contributed by atoms with E-state index in [1.54, 1.807) is 0 Å². The lowest BCUT2D eigenvalue weighted by Crippen LogP contribution is -2.30. The molecule has 11 heavy (non-hydrogen) atoms. The van der Waals surface area contributed by atoms with Gasteiger partial charge < -0.3 is 5.11 Å². The number of nitrogens with zero attached hydrogens (tertiary/aromatic N) is 1. The predicted octanol–water partition coefficient (Wildman–Crippen LogP) is 1.20. The second-order valence-corrected chi connectivity index (χ2v) is 4.01. The van der Waals surface area contributed by atoms with Crippen LogP contribution in [0.5, 0.6) is 0 Å². The van der Waals surface area contributed by atoms with Crippen LogP contribution in [0.2, 0.25) is 0 Å². The molecule has 1 fully saturated rings. The summed E-state index contributed by atoms with van der Waals surface area (Å²) < 4.78 is 0. The normalized spacial score (nSPS) is 32.6. The lowest BCUT2D eigenvalue weighted by atomic mass is 10.1. The van der Waals surface area contributed by atoms with Crippen LogP contribution in [0.15, 0.2) is 11.6 Å². The van der Waals surface area contributed by atoms with Crippen molar-refractivity contribution in [3.05, 3.63) is 11.6 Å². The number of hydrogen-bond acceptors (Lipinski definition) is 2. The van der Waals surface area contributed by atoms with Crippen LogP contribution in [-0.4, -0.2) is 35.2 Å². The Morgan fingerprint density at radius 2 is 2.45 bits per heavy atom. The van der Waals surface area contributed by atoms with Crippen LogP contribution < -0.4 is 0 Å². The summed E-state index contributed by atoms with van der Waals surface area (Å²) >= 11 is 5.63. The zero-order chi connectivity index (χ0) is 8.48. The van der Waals surface area contributed by atoms with E-state index in [1.165, 1.54) is 0 Å². The standard InChI is InChI=1S/C8H14ClNO/c1-7(9)5-10-4-3-8(2,11)6-10/h11H,1,3-6H2,2H3. The topological polar surface area (TPSA) is 23.5 Å². The van der Waals surface area contributed by atoms with E-state index in [0.29, 0.717) is 18.1 Å². The number of halogens is 1. The molecular formula is C8H14ClNO. The molecular weight excluding hydrogens is 162 g/mol. The fourth-order valence-electron chi connectivity index (χ4n) is 1.42. The minimum Gasteiger partial charge on any atom is -0.389 e. The highest BCUT2D eigenvalue weighted by molar-refractivity contribution is 6.29. The van der Waals surface area contributed by atoms with Crippen LogP contribution in [0, 0.1) is 0 Å². The van der Waals surface area contributed by atoms with Gasteiger partial charge in [-0.1, -0.05) is 18.2 Å². The SMILES string of the molecule is C=C(Cl)CN1CCC(C)(O)C1. The van der Waals surface area contributed by atoms with Gasteiger partial charge in [0, 0.05) is 24.7 Å². The summed E-state index contributed by atoms with van der Waals surface area (Å²) in [7, 11) is 0. The average molecular weight is 176 g/mol. The molecule has 0 radical (unpaired) electrons. The van der Waals surface area contributed by atoms with Crippen molar-refractivity contribution in [3.63, 3.8) is 0 Å². The Hall–Kier alpha value is -0.0500. The van der Waals surface area contributed by atoms with Gasteiger partial charge in [0.1, 0.15) is 0 Å². The molecule has 1 atom stereocenters. The third-order valence-electron chi connectivity index (χ3n) is 1.93. The maximum atomic E-state index is 9.56. The summed E-state index contributed by atoms with van der Waals surface area (Å²) in [5.41, 5.74) is -0.521.